The van der Waals surface area contributed by atoms with Crippen LogP contribution in [0.15, 0.2) is 34.9 Å². The van der Waals surface area contributed by atoms with E-state index in [9.17, 15) is 9.59 Å². The van der Waals surface area contributed by atoms with E-state index in [1.807, 2.05) is 0 Å². The number of amides is 1. The fourth-order valence-electron chi connectivity index (χ4n) is 1.48. The summed E-state index contributed by atoms with van der Waals surface area (Å²) in [6, 6.07) is 5.97. The highest BCUT2D eigenvalue weighted by molar-refractivity contribution is 9.10. The van der Waals surface area contributed by atoms with Gasteiger partial charge in [0.25, 0.3) is 5.91 Å². The van der Waals surface area contributed by atoms with Gasteiger partial charge in [-0.1, -0.05) is 0 Å². The molecule has 19 heavy (non-hydrogen) atoms. The van der Waals surface area contributed by atoms with Crippen LogP contribution in [0.25, 0.3) is 0 Å². The summed E-state index contributed by atoms with van der Waals surface area (Å²) in [5, 5.41) is 15.5. The molecule has 0 saturated heterocycles. The van der Waals surface area contributed by atoms with E-state index in [0.717, 1.165) is 0 Å². The standard InChI is InChI=1S/C12H10BrN3O3/c1-16-5-4-9(15-16)11(17)14-10-6-7(12(18)19)2-3-8(10)13/h2-6H,1H3,(H,14,17)(H,18,19). The molecule has 0 radical (unpaired) electrons. The number of aryl methyl sites for hydroxylation is 1. The molecule has 0 bridgehead atoms. The van der Waals surface area contributed by atoms with Crippen molar-refractivity contribution in [2.75, 3.05) is 5.32 Å². The third kappa shape index (κ3) is 3.00. The van der Waals surface area contributed by atoms with Crippen LogP contribution in [0.5, 0.6) is 0 Å². The Morgan fingerprint density at radius 3 is 2.68 bits per heavy atom. The smallest absolute Gasteiger partial charge is 0.335 e. The molecule has 1 amide bonds. The highest BCUT2D eigenvalue weighted by Gasteiger charge is 2.13. The number of aromatic carboxylic acids is 1. The largest absolute Gasteiger partial charge is 0.478 e. The highest BCUT2D eigenvalue weighted by atomic mass is 79.9. The number of rotatable bonds is 3. The SMILES string of the molecule is Cn1ccc(C(=O)Nc2cc(C(=O)O)ccc2Br)n1. The van der Waals surface area contributed by atoms with Crippen molar-refractivity contribution in [2.45, 2.75) is 0 Å². The van der Waals surface area contributed by atoms with Crippen molar-refractivity contribution >= 4 is 33.5 Å². The summed E-state index contributed by atoms with van der Waals surface area (Å²) in [6.45, 7) is 0. The van der Waals surface area contributed by atoms with Crippen LogP contribution in [0.3, 0.4) is 0 Å². The van der Waals surface area contributed by atoms with Gasteiger partial charge < -0.3 is 10.4 Å². The van der Waals surface area contributed by atoms with Crippen LogP contribution < -0.4 is 5.32 Å². The lowest BCUT2D eigenvalue weighted by Gasteiger charge is -2.07. The Labute approximate surface area is 117 Å². The van der Waals surface area contributed by atoms with Gasteiger partial charge >= 0.3 is 5.97 Å². The van der Waals surface area contributed by atoms with Gasteiger partial charge in [-0.3, -0.25) is 9.48 Å². The molecule has 0 atom stereocenters. The second-order valence-electron chi connectivity index (χ2n) is 3.83. The molecular weight excluding hydrogens is 314 g/mol. The molecule has 0 spiro atoms. The monoisotopic (exact) mass is 323 g/mol. The van der Waals surface area contributed by atoms with Gasteiger partial charge in [0.15, 0.2) is 5.69 Å². The first-order valence-electron chi connectivity index (χ1n) is 5.31. The molecule has 1 aromatic heterocycles. The molecule has 1 aromatic carbocycles. The number of aromatic nitrogens is 2. The normalized spacial score (nSPS) is 10.2. The van der Waals surface area contributed by atoms with E-state index in [1.54, 1.807) is 25.4 Å². The molecule has 7 heteroatoms. The summed E-state index contributed by atoms with van der Waals surface area (Å²) in [5.41, 5.74) is 0.741. The van der Waals surface area contributed by atoms with Gasteiger partial charge in [-0.25, -0.2) is 4.79 Å². The van der Waals surface area contributed by atoms with Gasteiger partial charge in [-0.05, 0) is 40.2 Å². The van der Waals surface area contributed by atoms with Crippen LogP contribution in [0.2, 0.25) is 0 Å². The molecule has 1 heterocycles. The minimum atomic E-state index is -1.05. The quantitative estimate of drug-likeness (QED) is 0.906. The second kappa shape index (κ2) is 5.23. The zero-order valence-corrected chi connectivity index (χ0v) is 11.5. The average Bonchev–Trinajstić information content (AvgIpc) is 2.78. The van der Waals surface area contributed by atoms with Crippen LogP contribution >= 0.6 is 15.9 Å². The van der Waals surface area contributed by atoms with E-state index >= 15 is 0 Å². The molecule has 0 aliphatic carbocycles. The lowest BCUT2D eigenvalue weighted by molar-refractivity contribution is 0.0696. The molecule has 0 unspecified atom stereocenters. The summed E-state index contributed by atoms with van der Waals surface area (Å²) >= 11 is 3.25. The number of hydrogen-bond donors (Lipinski definition) is 2. The van der Waals surface area contributed by atoms with E-state index < -0.39 is 11.9 Å². The van der Waals surface area contributed by atoms with E-state index in [1.165, 1.54) is 16.8 Å². The van der Waals surface area contributed by atoms with Crippen LogP contribution in [0.4, 0.5) is 5.69 Å². The molecule has 0 saturated carbocycles. The third-order valence-electron chi connectivity index (χ3n) is 2.41. The lowest BCUT2D eigenvalue weighted by atomic mass is 10.2. The molecule has 0 fully saturated rings. The van der Waals surface area contributed by atoms with Crippen LogP contribution in [-0.2, 0) is 7.05 Å². The van der Waals surface area contributed by atoms with Crippen LogP contribution in [0.1, 0.15) is 20.8 Å². The molecule has 0 aliphatic rings. The number of benzene rings is 1. The number of carboxylic acid groups (broad SMARTS) is 1. The maximum atomic E-state index is 11.9. The van der Waals surface area contributed by atoms with Gasteiger partial charge in [-0.2, -0.15) is 5.10 Å². The Morgan fingerprint density at radius 2 is 2.11 bits per heavy atom. The number of nitrogens with one attached hydrogen (secondary N) is 1. The molecule has 0 aliphatic heterocycles. The summed E-state index contributed by atoms with van der Waals surface area (Å²) in [7, 11) is 1.71. The number of carbonyl (C=O) groups excluding carboxylic acids is 1. The molecule has 98 valence electrons. The second-order valence-corrected chi connectivity index (χ2v) is 4.68. The van der Waals surface area contributed by atoms with E-state index in [4.69, 9.17) is 5.11 Å². The Morgan fingerprint density at radius 1 is 1.37 bits per heavy atom. The number of carboxylic acids is 1. The Bertz CT molecular complexity index is 651. The Balaban J connectivity index is 2.25. The van der Waals surface area contributed by atoms with Gasteiger partial charge in [0, 0.05) is 17.7 Å². The number of hydrogen-bond acceptors (Lipinski definition) is 3. The van der Waals surface area contributed by atoms with E-state index in [-0.39, 0.29) is 11.3 Å². The summed E-state index contributed by atoms with van der Waals surface area (Å²) in [6.07, 6.45) is 1.65. The number of nitrogens with zero attached hydrogens (tertiary/aromatic N) is 2. The molecule has 2 rings (SSSR count). The number of anilines is 1. The average molecular weight is 324 g/mol. The van der Waals surface area contributed by atoms with Crippen molar-refractivity contribution in [3.05, 3.63) is 46.2 Å². The first kappa shape index (κ1) is 13.3. The van der Waals surface area contributed by atoms with E-state index in [2.05, 4.69) is 26.3 Å². The minimum Gasteiger partial charge on any atom is -0.478 e. The Hall–Kier alpha value is -2.15. The van der Waals surface area contributed by atoms with Gasteiger partial charge in [0.1, 0.15) is 0 Å². The first-order chi connectivity index (χ1) is 8.97. The number of halogens is 1. The molecule has 2 aromatic rings. The van der Waals surface area contributed by atoms with Crippen molar-refractivity contribution in [2.24, 2.45) is 7.05 Å². The molecule has 6 nitrogen and oxygen atoms in total. The van der Waals surface area contributed by atoms with Crippen molar-refractivity contribution in [1.29, 1.82) is 0 Å². The van der Waals surface area contributed by atoms with Gasteiger partial charge in [0.2, 0.25) is 0 Å². The number of carbonyl (C=O) groups is 2. The summed E-state index contributed by atoms with van der Waals surface area (Å²) in [5.74, 6) is -1.45. The zero-order chi connectivity index (χ0) is 14.0. The van der Waals surface area contributed by atoms with Crippen molar-refractivity contribution in [3.8, 4) is 0 Å². The van der Waals surface area contributed by atoms with Crippen LogP contribution in [0, 0.1) is 0 Å². The minimum absolute atomic E-state index is 0.0968. The Kier molecular flexibility index (Phi) is 3.66. The predicted molar refractivity (Wildman–Crippen MR) is 72.3 cm³/mol. The van der Waals surface area contributed by atoms with Gasteiger partial charge in [-0.15, -0.1) is 0 Å². The molecule has 2 N–H and O–H groups in total. The lowest BCUT2D eigenvalue weighted by Crippen LogP contribution is -2.14. The van der Waals surface area contributed by atoms with Crippen molar-refractivity contribution in [3.63, 3.8) is 0 Å². The van der Waals surface area contributed by atoms with Crippen molar-refractivity contribution in [1.82, 2.24) is 9.78 Å². The summed E-state index contributed by atoms with van der Waals surface area (Å²) in [4.78, 5) is 22.8. The highest BCUT2D eigenvalue weighted by Crippen LogP contribution is 2.24. The fraction of sp³-hybridized carbons (Fsp3) is 0.0833. The van der Waals surface area contributed by atoms with Crippen LogP contribution in [-0.4, -0.2) is 26.8 Å². The zero-order valence-electron chi connectivity index (χ0n) is 9.92. The van der Waals surface area contributed by atoms with E-state index in [0.29, 0.717) is 10.2 Å². The van der Waals surface area contributed by atoms with Crippen molar-refractivity contribution < 1.29 is 14.7 Å². The predicted octanol–water partition coefficient (Wildman–Crippen LogP) is 2.13. The third-order valence-corrected chi connectivity index (χ3v) is 3.10. The summed E-state index contributed by atoms with van der Waals surface area (Å²) < 4.78 is 2.11. The maximum Gasteiger partial charge on any atom is 0.335 e. The molecular formula is C12H10BrN3O3. The maximum absolute atomic E-state index is 11.9. The first-order valence-corrected chi connectivity index (χ1v) is 6.10. The van der Waals surface area contributed by atoms with Gasteiger partial charge in [0.05, 0.1) is 11.3 Å². The topological polar surface area (TPSA) is 84.2 Å². The fourth-order valence-corrected chi connectivity index (χ4v) is 1.82.